The lowest BCUT2D eigenvalue weighted by Gasteiger charge is -2.15. The number of unbranched alkanes of at least 4 members (excludes halogenated alkanes) is 2. The Kier molecular flexibility index (Phi) is 7.57. The second-order valence-corrected chi connectivity index (χ2v) is 7.23. The minimum Gasteiger partial charge on any atom is -0.494 e. The molecule has 1 heterocycles. The zero-order valence-electron chi connectivity index (χ0n) is 16.8. The molecule has 9 heteroatoms. The Labute approximate surface area is 183 Å². The predicted octanol–water partition coefficient (Wildman–Crippen LogP) is 7.21. The average molecular weight is 451 g/mol. The Morgan fingerprint density at radius 3 is 2.23 bits per heavy atom. The third-order valence-corrected chi connectivity index (χ3v) is 4.58. The van der Waals surface area contributed by atoms with Gasteiger partial charge in [-0.05, 0) is 55.0 Å². The Balaban J connectivity index is 1.74. The average Bonchev–Trinajstić information content (AvgIpc) is 2.73. The summed E-state index contributed by atoms with van der Waals surface area (Å²) < 4.78 is 45.8. The maximum absolute atomic E-state index is 13.4. The number of nitrogens with zero attached hydrogens (tertiary/aromatic N) is 2. The molecule has 3 aromatic rings. The van der Waals surface area contributed by atoms with Crippen LogP contribution >= 0.6 is 11.6 Å². The van der Waals surface area contributed by atoms with Crippen LogP contribution in [-0.4, -0.2) is 16.6 Å². The smallest absolute Gasteiger partial charge is 0.421 e. The lowest BCUT2D eigenvalue weighted by atomic mass is 10.2. The summed E-state index contributed by atoms with van der Waals surface area (Å²) in [6, 6.07) is 13.3. The van der Waals surface area contributed by atoms with E-state index in [1.807, 2.05) is 0 Å². The molecule has 0 radical (unpaired) electrons. The van der Waals surface area contributed by atoms with Crippen molar-refractivity contribution in [2.24, 2.45) is 0 Å². The fourth-order valence-electron chi connectivity index (χ4n) is 2.72. The van der Waals surface area contributed by atoms with Crippen LogP contribution in [0.3, 0.4) is 0 Å². The van der Waals surface area contributed by atoms with E-state index in [2.05, 4.69) is 27.5 Å². The number of hydrogen-bond acceptors (Lipinski definition) is 5. The lowest BCUT2D eigenvalue weighted by molar-refractivity contribution is -0.137. The third kappa shape index (κ3) is 6.75. The van der Waals surface area contributed by atoms with Gasteiger partial charge in [0.2, 0.25) is 5.95 Å². The fourth-order valence-corrected chi connectivity index (χ4v) is 2.85. The first-order valence-electron chi connectivity index (χ1n) is 9.82. The summed E-state index contributed by atoms with van der Waals surface area (Å²) in [5.74, 6) is 0.393. The van der Waals surface area contributed by atoms with Gasteiger partial charge in [0.05, 0.1) is 6.61 Å². The summed E-state index contributed by atoms with van der Waals surface area (Å²) in [5, 5.41) is 6.08. The molecule has 0 aliphatic carbocycles. The van der Waals surface area contributed by atoms with Crippen LogP contribution in [0.2, 0.25) is 5.02 Å². The van der Waals surface area contributed by atoms with Crippen molar-refractivity contribution in [3.63, 3.8) is 0 Å². The van der Waals surface area contributed by atoms with E-state index in [-0.39, 0.29) is 11.8 Å². The van der Waals surface area contributed by atoms with Crippen LogP contribution in [0.5, 0.6) is 5.75 Å². The SMILES string of the molecule is CCCCCOc1ccc(Nc2ncc(C(F)(F)F)c(Nc3ccc(Cl)cc3)n2)cc1. The van der Waals surface area contributed by atoms with E-state index in [0.29, 0.717) is 23.0 Å². The van der Waals surface area contributed by atoms with E-state index in [0.717, 1.165) is 31.2 Å². The Morgan fingerprint density at radius 2 is 1.58 bits per heavy atom. The van der Waals surface area contributed by atoms with Gasteiger partial charge in [-0.15, -0.1) is 0 Å². The van der Waals surface area contributed by atoms with Crippen molar-refractivity contribution in [1.82, 2.24) is 9.97 Å². The van der Waals surface area contributed by atoms with Gasteiger partial charge in [0.15, 0.2) is 0 Å². The van der Waals surface area contributed by atoms with Crippen LogP contribution in [0.15, 0.2) is 54.7 Å². The monoisotopic (exact) mass is 450 g/mol. The molecule has 0 aliphatic heterocycles. The number of aromatic nitrogens is 2. The van der Waals surface area contributed by atoms with Gasteiger partial charge in [0.25, 0.3) is 0 Å². The quantitative estimate of drug-likeness (QED) is 0.337. The van der Waals surface area contributed by atoms with Crippen molar-refractivity contribution in [2.45, 2.75) is 32.4 Å². The normalized spacial score (nSPS) is 11.3. The Bertz CT molecular complexity index is 980. The molecule has 0 atom stereocenters. The Morgan fingerprint density at radius 1 is 0.935 bits per heavy atom. The Hall–Kier alpha value is -3.00. The molecule has 0 unspecified atom stereocenters. The van der Waals surface area contributed by atoms with Crippen molar-refractivity contribution < 1.29 is 17.9 Å². The first-order chi connectivity index (χ1) is 14.8. The van der Waals surface area contributed by atoms with Gasteiger partial charge >= 0.3 is 6.18 Å². The van der Waals surface area contributed by atoms with Gasteiger partial charge in [-0.2, -0.15) is 18.2 Å². The highest BCUT2D eigenvalue weighted by molar-refractivity contribution is 6.30. The van der Waals surface area contributed by atoms with E-state index in [4.69, 9.17) is 16.3 Å². The highest BCUT2D eigenvalue weighted by Gasteiger charge is 2.35. The van der Waals surface area contributed by atoms with Crippen LogP contribution < -0.4 is 15.4 Å². The summed E-state index contributed by atoms with van der Waals surface area (Å²) in [7, 11) is 0. The minimum absolute atomic E-state index is 0.0288. The van der Waals surface area contributed by atoms with Crippen LogP contribution in [0.4, 0.5) is 36.3 Å². The molecule has 0 bridgehead atoms. The van der Waals surface area contributed by atoms with Gasteiger partial charge < -0.3 is 15.4 Å². The summed E-state index contributed by atoms with van der Waals surface area (Å²) in [6.07, 6.45) is -0.645. The highest BCUT2D eigenvalue weighted by atomic mass is 35.5. The summed E-state index contributed by atoms with van der Waals surface area (Å²) in [4.78, 5) is 7.84. The molecule has 2 aromatic carbocycles. The highest BCUT2D eigenvalue weighted by Crippen LogP contribution is 2.35. The van der Waals surface area contributed by atoms with Gasteiger partial charge in [-0.3, -0.25) is 0 Å². The van der Waals surface area contributed by atoms with Crippen LogP contribution in [-0.2, 0) is 6.18 Å². The molecule has 1 aromatic heterocycles. The molecule has 164 valence electrons. The third-order valence-electron chi connectivity index (χ3n) is 4.33. The summed E-state index contributed by atoms with van der Waals surface area (Å²) >= 11 is 5.83. The van der Waals surface area contributed by atoms with Crippen molar-refractivity contribution in [3.8, 4) is 5.75 Å². The number of alkyl halides is 3. The maximum atomic E-state index is 13.4. The first-order valence-corrected chi connectivity index (χ1v) is 10.2. The molecule has 0 saturated carbocycles. The summed E-state index contributed by atoms with van der Waals surface area (Å²) in [5.41, 5.74) is 0.0751. The van der Waals surface area contributed by atoms with Gasteiger partial charge in [0.1, 0.15) is 17.1 Å². The zero-order chi connectivity index (χ0) is 22.3. The van der Waals surface area contributed by atoms with E-state index >= 15 is 0 Å². The topological polar surface area (TPSA) is 59.1 Å². The van der Waals surface area contributed by atoms with Crippen LogP contribution in [0.1, 0.15) is 31.7 Å². The van der Waals surface area contributed by atoms with E-state index < -0.39 is 11.7 Å². The second-order valence-electron chi connectivity index (χ2n) is 6.79. The van der Waals surface area contributed by atoms with E-state index in [1.165, 1.54) is 0 Å². The molecule has 31 heavy (non-hydrogen) atoms. The van der Waals surface area contributed by atoms with Gasteiger partial charge in [-0.1, -0.05) is 31.4 Å². The standard InChI is InChI=1S/C22H22ClF3N4O/c1-2-3-4-13-31-18-11-9-17(10-12-18)29-21-27-14-19(22(24,25)26)20(30-21)28-16-7-5-15(23)6-8-16/h5-12,14H,2-4,13H2,1H3,(H2,27,28,29,30). The molecule has 5 nitrogen and oxygen atoms in total. The molecule has 0 fully saturated rings. The van der Waals surface area contributed by atoms with Crippen molar-refractivity contribution in [3.05, 3.63) is 65.3 Å². The van der Waals surface area contributed by atoms with Crippen LogP contribution in [0.25, 0.3) is 0 Å². The fraction of sp³-hybridized carbons (Fsp3) is 0.273. The second kappa shape index (κ2) is 10.3. The number of benzene rings is 2. The number of rotatable bonds is 9. The molecular weight excluding hydrogens is 429 g/mol. The van der Waals surface area contributed by atoms with Gasteiger partial charge in [0, 0.05) is 22.6 Å². The molecular formula is C22H22ClF3N4O. The number of anilines is 4. The van der Waals surface area contributed by atoms with E-state index in [9.17, 15) is 13.2 Å². The van der Waals surface area contributed by atoms with Crippen molar-refractivity contribution in [2.75, 3.05) is 17.2 Å². The molecule has 0 aliphatic rings. The molecule has 3 rings (SSSR count). The first kappa shape index (κ1) is 22.7. The number of ether oxygens (including phenoxy) is 1. The van der Waals surface area contributed by atoms with Crippen molar-refractivity contribution >= 4 is 34.7 Å². The molecule has 0 amide bonds. The van der Waals surface area contributed by atoms with Crippen molar-refractivity contribution in [1.29, 1.82) is 0 Å². The van der Waals surface area contributed by atoms with E-state index in [1.54, 1.807) is 48.5 Å². The largest absolute Gasteiger partial charge is 0.494 e. The lowest BCUT2D eigenvalue weighted by Crippen LogP contribution is -2.12. The predicted molar refractivity (Wildman–Crippen MR) is 117 cm³/mol. The molecule has 0 spiro atoms. The zero-order valence-corrected chi connectivity index (χ0v) is 17.6. The molecule has 0 saturated heterocycles. The number of halogens is 4. The minimum atomic E-state index is -4.61. The maximum Gasteiger partial charge on any atom is 0.421 e. The van der Waals surface area contributed by atoms with Gasteiger partial charge in [-0.25, -0.2) is 4.98 Å². The summed E-state index contributed by atoms with van der Waals surface area (Å²) in [6.45, 7) is 2.77. The molecule has 2 N–H and O–H groups in total. The number of nitrogens with one attached hydrogen (secondary N) is 2. The number of hydrogen-bond donors (Lipinski definition) is 2. The van der Waals surface area contributed by atoms with Crippen LogP contribution in [0, 0.1) is 0 Å².